The molecular weight excluding hydrogens is 398 g/mol. The first-order valence-corrected chi connectivity index (χ1v) is 9.99. The van der Waals surface area contributed by atoms with Gasteiger partial charge in [0.2, 0.25) is 5.88 Å². The molecule has 1 atom stereocenters. The van der Waals surface area contributed by atoms with Gasteiger partial charge in [-0.2, -0.15) is 0 Å². The SMILES string of the molecule is CCCC(NC(=O)c1nccs1)c1cnc(Nc2ccc(OC)nc2)c(Cl)c1. The van der Waals surface area contributed by atoms with Crippen molar-refractivity contribution in [2.45, 2.75) is 25.8 Å². The van der Waals surface area contributed by atoms with Crippen LogP contribution in [0.4, 0.5) is 11.5 Å². The van der Waals surface area contributed by atoms with Gasteiger partial charge in [0.05, 0.1) is 30.1 Å². The number of nitrogens with zero attached hydrogens (tertiary/aromatic N) is 3. The molecule has 0 saturated carbocycles. The van der Waals surface area contributed by atoms with Crippen molar-refractivity contribution < 1.29 is 9.53 Å². The van der Waals surface area contributed by atoms with Crippen LogP contribution in [0.5, 0.6) is 5.88 Å². The molecule has 28 heavy (non-hydrogen) atoms. The molecule has 146 valence electrons. The molecule has 0 aliphatic carbocycles. The Bertz CT molecular complexity index is 919. The number of halogens is 1. The van der Waals surface area contributed by atoms with E-state index in [-0.39, 0.29) is 11.9 Å². The molecule has 9 heteroatoms. The minimum Gasteiger partial charge on any atom is -0.481 e. The number of amides is 1. The molecule has 7 nitrogen and oxygen atoms in total. The number of carbonyl (C=O) groups excluding carboxylic acids is 1. The number of methoxy groups -OCH3 is 1. The predicted molar refractivity (Wildman–Crippen MR) is 111 cm³/mol. The summed E-state index contributed by atoms with van der Waals surface area (Å²) in [5.41, 5.74) is 1.58. The first-order chi connectivity index (χ1) is 13.6. The summed E-state index contributed by atoms with van der Waals surface area (Å²) in [5.74, 6) is 0.841. The molecule has 0 aliphatic rings. The Labute approximate surface area is 172 Å². The van der Waals surface area contributed by atoms with Gasteiger partial charge in [-0.1, -0.05) is 24.9 Å². The van der Waals surface area contributed by atoms with Crippen LogP contribution < -0.4 is 15.4 Å². The summed E-state index contributed by atoms with van der Waals surface area (Å²) in [6.45, 7) is 2.06. The summed E-state index contributed by atoms with van der Waals surface area (Å²) in [4.78, 5) is 25.0. The van der Waals surface area contributed by atoms with Crippen LogP contribution in [-0.4, -0.2) is 28.0 Å². The van der Waals surface area contributed by atoms with Gasteiger partial charge in [-0.3, -0.25) is 4.79 Å². The van der Waals surface area contributed by atoms with Gasteiger partial charge < -0.3 is 15.4 Å². The quantitative estimate of drug-likeness (QED) is 0.556. The van der Waals surface area contributed by atoms with Crippen LogP contribution in [0.1, 0.15) is 41.2 Å². The van der Waals surface area contributed by atoms with E-state index in [0.717, 1.165) is 24.1 Å². The van der Waals surface area contributed by atoms with Crippen molar-refractivity contribution in [3.05, 3.63) is 57.8 Å². The highest BCUT2D eigenvalue weighted by atomic mass is 35.5. The number of hydrogen-bond acceptors (Lipinski definition) is 7. The van der Waals surface area contributed by atoms with Gasteiger partial charge in [-0.15, -0.1) is 11.3 Å². The third-order valence-electron chi connectivity index (χ3n) is 3.98. The van der Waals surface area contributed by atoms with Crippen LogP contribution in [0, 0.1) is 0 Å². The molecule has 0 aliphatic heterocycles. The zero-order valence-electron chi connectivity index (χ0n) is 15.5. The number of ether oxygens (including phenoxy) is 1. The summed E-state index contributed by atoms with van der Waals surface area (Å²) in [7, 11) is 1.56. The van der Waals surface area contributed by atoms with Crippen molar-refractivity contribution in [2.24, 2.45) is 0 Å². The maximum Gasteiger partial charge on any atom is 0.280 e. The number of carbonyl (C=O) groups is 1. The third kappa shape index (κ3) is 4.96. The molecule has 0 bridgehead atoms. The predicted octanol–water partition coefficient (Wildman–Crippen LogP) is 4.61. The Balaban J connectivity index is 1.75. The summed E-state index contributed by atoms with van der Waals surface area (Å²) >= 11 is 7.73. The van der Waals surface area contributed by atoms with E-state index >= 15 is 0 Å². The number of nitrogens with one attached hydrogen (secondary N) is 2. The first-order valence-electron chi connectivity index (χ1n) is 8.73. The lowest BCUT2D eigenvalue weighted by Crippen LogP contribution is -2.28. The fourth-order valence-corrected chi connectivity index (χ4v) is 3.37. The first kappa shape index (κ1) is 20.0. The van der Waals surface area contributed by atoms with Gasteiger partial charge in [0.1, 0.15) is 5.82 Å². The van der Waals surface area contributed by atoms with Crippen molar-refractivity contribution >= 4 is 40.4 Å². The van der Waals surface area contributed by atoms with Gasteiger partial charge in [0.25, 0.3) is 5.91 Å². The lowest BCUT2D eigenvalue weighted by Gasteiger charge is -2.19. The lowest BCUT2D eigenvalue weighted by molar-refractivity contribution is 0.0934. The molecule has 3 heterocycles. The van der Waals surface area contributed by atoms with Crippen LogP contribution in [0.25, 0.3) is 0 Å². The van der Waals surface area contributed by atoms with E-state index < -0.39 is 0 Å². The number of pyridine rings is 2. The number of thiazole rings is 1. The van der Waals surface area contributed by atoms with Crippen LogP contribution in [0.3, 0.4) is 0 Å². The number of hydrogen-bond donors (Lipinski definition) is 2. The summed E-state index contributed by atoms with van der Waals surface area (Å²) < 4.78 is 5.05. The largest absolute Gasteiger partial charge is 0.481 e. The second-order valence-electron chi connectivity index (χ2n) is 5.97. The van der Waals surface area contributed by atoms with Crippen LogP contribution in [0.15, 0.2) is 42.2 Å². The van der Waals surface area contributed by atoms with Crippen LogP contribution in [-0.2, 0) is 0 Å². The number of anilines is 2. The average Bonchev–Trinajstić information content (AvgIpc) is 3.25. The fraction of sp³-hybridized carbons (Fsp3) is 0.263. The minimum absolute atomic E-state index is 0.192. The second-order valence-corrected chi connectivity index (χ2v) is 7.27. The van der Waals surface area contributed by atoms with Crippen molar-refractivity contribution in [1.82, 2.24) is 20.3 Å². The molecule has 0 spiro atoms. The van der Waals surface area contributed by atoms with E-state index in [1.165, 1.54) is 11.3 Å². The normalized spacial score (nSPS) is 11.7. The van der Waals surface area contributed by atoms with Gasteiger partial charge in [-0.05, 0) is 24.1 Å². The zero-order chi connectivity index (χ0) is 19.9. The molecule has 1 unspecified atom stereocenters. The summed E-state index contributed by atoms with van der Waals surface area (Å²) in [5, 5.41) is 8.81. The molecule has 2 N–H and O–H groups in total. The van der Waals surface area contributed by atoms with E-state index in [4.69, 9.17) is 16.3 Å². The zero-order valence-corrected chi connectivity index (χ0v) is 17.0. The van der Waals surface area contributed by atoms with Crippen LogP contribution >= 0.6 is 22.9 Å². The summed E-state index contributed by atoms with van der Waals surface area (Å²) in [6, 6.07) is 5.20. The maximum absolute atomic E-state index is 12.4. The Morgan fingerprint density at radius 1 is 1.29 bits per heavy atom. The van der Waals surface area contributed by atoms with Crippen molar-refractivity contribution in [1.29, 1.82) is 0 Å². The van der Waals surface area contributed by atoms with Gasteiger partial charge >= 0.3 is 0 Å². The molecule has 3 aromatic heterocycles. The second kappa shape index (κ2) is 9.48. The molecule has 0 fully saturated rings. The third-order valence-corrected chi connectivity index (χ3v) is 5.04. The molecule has 1 amide bonds. The van der Waals surface area contributed by atoms with Gasteiger partial charge in [0, 0.05) is 23.8 Å². The molecule has 0 aromatic carbocycles. The highest BCUT2D eigenvalue weighted by Gasteiger charge is 2.18. The van der Waals surface area contributed by atoms with E-state index in [1.54, 1.807) is 37.1 Å². The highest BCUT2D eigenvalue weighted by molar-refractivity contribution is 7.11. The van der Waals surface area contributed by atoms with Crippen molar-refractivity contribution in [2.75, 3.05) is 12.4 Å². The fourth-order valence-electron chi connectivity index (χ4n) is 2.61. The molecule has 3 aromatic rings. The number of rotatable bonds is 8. The van der Waals surface area contributed by atoms with E-state index in [1.807, 2.05) is 12.1 Å². The smallest absolute Gasteiger partial charge is 0.280 e. The topological polar surface area (TPSA) is 89.0 Å². The van der Waals surface area contributed by atoms with Gasteiger partial charge in [0.15, 0.2) is 5.01 Å². The van der Waals surface area contributed by atoms with Crippen molar-refractivity contribution in [3.8, 4) is 5.88 Å². The Morgan fingerprint density at radius 2 is 2.14 bits per heavy atom. The highest BCUT2D eigenvalue weighted by Crippen LogP contribution is 2.28. The standard InChI is InChI=1S/C19H20ClN5O2S/c1-3-4-15(25-18(26)19-21-7-8-28-19)12-9-14(20)17(23-10-12)24-13-5-6-16(27-2)22-11-13/h5-11,15H,3-4H2,1-2H3,(H,23,24)(H,25,26). The van der Waals surface area contributed by atoms with Crippen molar-refractivity contribution in [3.63, 3.8) is 0 Å². The Morgan fingerprint density at radius 3 is 2.75 bits per heavy atom. The van der Waals surface area contributed by atoms with E-state index in [0.29, 0.717) is 21.7 Å². The molecule has 3 rings (SSSR count). The lowest BCUT2D eigenvalue weighted by atomic mass is 10.0. The molecule has 0 saturated heterocycles. The van der Waals surface area contributed by atoms with Gasteiger partial charge in [-0.25, -0.2) is 15.0 Å². The minimum atomic E-state index is -0.198. The van der Waals surface area contributed by atoms with E-state index in [2.05, 4.69) is 32.5 Å². The Hall–Kier alpha value is -2.71. The molecular formula is C19H20ClN5O2S. The average molecular weight is 418 g/mol. The van der Waals surface area contributed by atoms with E-state index in [9.17, 15) is 4.79 Å². The number of aromatic nitrogens is 3. The van der Waals surface area contributed by atoms with Crippen LogP contribution in [0.2, 0.25) is 5.02 Å². The maximum atomic E-state index is 12.4. The summed E-state index contributed by atoms with van der Waals surface area (Å²) in [6.07, 6.45) is 6.64. The Kier molecular flexibility index (Phi) is 6.78. The molecule has 0 radical (unpaired) electrons. The monoisotopic (exact) mass is 417 g/mol.